The normalized spacial score (nSPS) is 14.7. The Morgan fingerprint density at radius 3 is 2.78 bits per heavy atom. The molecule has 5 nitrogen and oxygen atoms in total. The van der Waals surface area contributed by atoms with Crippen molar-refractivity contribution in [2.75, 3.05) is 5.73 Å². The lowest BCUT2D eigenvalue weighted by Gasteiger charge is -2.07. The molecule has 0 atom stereocenters. The summed E-state index contributed by atoms with van der Waals surface area (Å²) in [6.45, 7) is 0. The topological polar surface area (TPSA) is 86.9 Å². The van der Waals surface area contributed by atoms with Crippen LogP contribution in [0.2, 0.25) is 0 Å². The van der Waals surface area contributed by atoms with E-state index in [1.165, 1.54) is 12.8 Å². The largest absolute Gasteiger partial charge is 0.397 e. The molecule has 1 aliphatic carbocycles. The van der Waals surface area contributed by atoms with Gasteiger partial charge >= 0.3 is 0 Å². The summed E-state index contributed by atoms with van der Waals surface area (Å²) in [5, 5.41) is 4.49. The second-order valence-electron chi connectivity index (χ2n) is 4.60. The van der Waals surface area contributed by atoms with Gasteiger partial charge in [0.1, 0.15) is 0 Å². The van der Waals surface area contributed by atoms with Gasteiger partial charge in [-0.15, -0.1) is 0 Å². The quantitative estimate of drug-likeness (QED) is 0.798. The van der Waals surface area contributed by atoms with Gasteiger partial charge in [-0.2, -0.15) is 5.10 Å². The van der Waals surface area contributed by atoms with Gasteiger partial charge in [-0.1, -0.05) is 0 Å². The summed E-state index contributed by atoms with van der Waals surface area (Å²) in [4.78, 5) is 11.2. The maximum atomic E-state index is 11.2. The summed E-state index contributed by atoms with van der Waals surface area (Å²) in [7, 11) is 0. The summed E-state index contributed by atoms with van der Waals surface area (Å²) in [5.74, 6) is 0.123. The number of anilines is 1. The molecule has 1 saturated carbocycles. The third-order valence-electron chi connectivity index (χ3n) is 3.17. The fourth-order valence-electron chi connectivity index (χ4n) is 1.96. The minimum Gasteiger partial charge on any atom is -0.397 e. The summed E-state index contributed by atoms with van der Waals surface area (Å²) < 4.78 is 1.70. The number of nitrogen functional groups attached to an aromatic ring is 1. The van der Waals surface area contributed by atoms with Crippen LogP contribution in [0.3, 0.4) is 0 Å². The maximum absolute atomic E-state index is 11.2. The molecule has 0 spiro atoms. The van der Waals surface area contributed by atoms with Crippen LogP contribution in [-0.2, 0) is 0 Å². The third kappa shape index (κ3) is 1.84. The molecule has 2 aromatic rings. The van der Waals surface area contributed by atoms with Gasteiger partial charge in [-0.25, -0.2) is 4.68 Å². The molecule has 1 heterocycles. The Morgan fingerprint density at radius 1 is 1.33 bits per heavy atom. The summed E-state index contributed by atoms with van der Waals surface area (Å²) in [5.41, 5.74) is 14.0. The van der Waals surface area contributed by atoms with Gasteiger partial charge in [0.25, 0.3) is 0 Å². The molecule has 0 radical (unpaired) electrons. The number of benzene rings is 1. The first-order valence-electron chi connectivity index (χ1n) is 5.90. The standard InChI is InChI=1S/C13H14N4O/c14-10-4-3-9(13(15)18)7-12(10)17-6-5-11(16-17)8-1-2-8/h3-8H,1-2,14H2,(H2,15,18). The van der Waals surface area contributed by atoms with Crippen molar-refractivity contribution in [2.24, 2.45) is 5.73 Å². The Hall–Kier alpha value is -2.30. The first-order valence-corrected chi connectivity index (χ1v) is 5.90. The molecule has 3 rings (SSSR count). The first-order chi connectivity index (χ1) is 8.65. The van der Waals surface area contributed by atoms with E-state index in [2.05, 4.69) is 5.10 Å². The predicted molar refractivity (Wildman–Crippen MR) is 68.5 cm³/mol. The maximum Gasteiger partial charge on any atom is 0.248 e. The van der Waals surface area contributed by atoms with E-state index in [1.807, 2.05) is 12.3 Å². The number of nitrogens with zero attached hydrogens (tertiary/aromatic N) is 2. The van der Waals surface area contributed by atoms with Crippen molar-refractivity contribution in [3.63, 3.8) is 0 Å². The highest BCUT2D eigenvalue weighted by molar-refractivity contribution is 5.94. The Bertz CT molecular complexity index is 613. The number of carbonyl (C=O) groups excluding carboxylic acids is 1. The van der Waals surface area contributed by atoms with E-state index in [9.17, 15) is 4.79 Å². The number of amides is 1. The van der Waals surface area contributed by atoms with Crippen LogP contribution in [0.1, 0.15) is 34.8 Å². The van der Waals surface area contributed by atoms with Gasteiger partial charge in [0.05, 0.1) is 17.1 Å². The zero-order chi connectivity index (χ0) is 12.7. The minimum atomic E-state index is -0.467. The van der Waals surface area contributed by atoms with Gasteiger partial charge in [-0.05, 0) is 37.1 Å². The van der Waals surface area contributed by atoms with Crippen LogP contribution in [0.5, 0.6) is 0 Å². The van der Waals surface area contributed by atoms with Crippen molar-refractivity contribution < 1.29 is 4.79 Å². The Kier molecular flexibility index (Phi) is 2.33. The number of nitrogens with two attached hydrogens (primary N) is 2. The van der Waals surface area contributed by atoms with Crippen LogP contribution in [0.4, 0.5) is 5.69 Å². The van der Waals surface area contributed by atoms with Crippen LogP contribution in [-0.4, -0.2) is 15.7 Å². The zero-order valence-corrected chi connectivity index (χ0v) is 9.84. The highest BCUT2D eigenvalue weighted by Gasteiger charge is 2.26. The molecular formula is C13H14N4O. The van der Waals surface area contributed by atoms with Crippen molar-refractivity contribution in [3.05, 3.63) is 41.7 Å². The monoisotopic (exact) mass is 242 g/mol. The SMILES string of the molecule is NC(=O)c1ccc(N)c(-n2ccc(C3CC3)n2)c1. The molecular weight excluding hydrogens is 228 g/mol. The molecule has 18 heavy (non-hydrogen) atoms. The summed E-state index contributed by atoms with van der Waals surface area (Å²) in [6, 6.07) is 6.95. The van der Waals surface area contributed by atoms with E-state index in [-0.39, 0.29) is 0 Å². The zero-order valence-electron chi connectivity index (χ0n) is 9.84. The van der Waals surface area contributed by atoms with E-state index >= 15 is 0 Å². The highest BCUT2D eigenvalue weighted by Crippen LogP contribution is 2.39. The molecule has 0 aliphatic heterocycles. The molecule has 1 aromatic carbocycles. The second kappa shape index (κ2) is 3.87. The van der Waals surface area contributed by atoms with Gasteiger partial charge in [-0.3, -0.25) is 4.79 Å². The average Bonchev–Trinajstić information content (AvgIpc) is 3.08. The molecule has 1 aromatic heterocycles. The van der Waals surface area contributed by atoms with Gasteiger partial charge in [0, 0.05) is 17.7 Å². The molecule has 1 aliphatic rings. The number of carbonyl (C=O) groups is 1. The lowest BCUT2D eigenvalue weighted by atomic mass is 10.1. The lowest BCUT2D eigenvalue weighted by molar-refractivity contribution is 0.100. The van der Waals surface area contributed by atoms with Crippen LogP contribution in [0.25, 0.3) is 5.69 Å². The van der Waals surface area contributed by atoms with Crippen LogP contribution < -0.4 is 11.5 Å². The Balaban J connectivity index is 2.03. The molecule has 4 N–H and O–H groups in total. The smallest absolute Gasteiger partial charge is 0.248 e. The van der Waals surface area contributed by atoms with Gasteiger partial charge in [0.2, 0.25) is 5.91 Å². The van der Waals surface area contributed by atoms with Crippen molar-refractivity contribution in [2.45, 2.75) is 18.8 Å². The van der Waals surface area contributed by atoms with Gasteiger partial charge in [0.15, 0.2) is 0 Å². The fraction of sp³-hybridized carbons (Fsp3) is 0.231. The van der Waals surface area contributed by atoms with Crippen molar-refractivity contribution in [1.29, 1.82) is 0 Å². The number of rotatable bonds is 3. The predicted octanol–water partition coefficient (Wildman–Crippen LogP) is 1.43. The lowest BCUT2D eigenvalue weighted by Crippen LogP contribution is -2.12. The van der Waals surface area contributed by atoms with Crippen LogP contribution in [0.15, 0.2) is 30.5 Å². The summed E-state index contributed by atoms with van der Waals surface area (Å²) >= 11 is 0. The Morgan fingerprint density at radius 2 is 2.11 bits per heavy atom. The fourth-order valence-corrected chi connectivity index (χ4v) is 1.96. The number of hydrogen-bond donors (Lipinski definition) is 2. The molecule has 0 unspecified atom stereocenters. The van der Waals surface area contributed by atoms with Crippen LogP contribution in [0, 0.1) is 0 Å². The van der Waals surface area contributed by atoms with Crippen molar-refractivity contribution >= 4 is 11.6 Å². The second-order valence-corrected chi connectivity index (χ2v) is 4.60. The molecule has 0 saturated heterocycles. The molecule has 0 bridgehead atoms. The van der Waals surface area contributed by atoms with Crippen molar-refractivity contribution in [1.82, 2.24) is 9.78 Å². The highest BCUT2D eigenvalue weighted by atomic mass is 16.1. The third-order valence-corrected chi connectivity index (χ3v) is 3.17. The van der Waals surface area contributed by atoms with E-state index in [4.69, 9.17) is 11.5 Å². The van der Waals surface area contributed by atoms with E-state index < -0.39 is 5.91 Å². The average molecular weight is 242 g/mol. The van der Waals surface area contributed by atoms with E-state index in [0.717, 1.165) is 5.69 Å². The molecule has 5 heteroatoms. The minimum absolute atomic E-state index is 0.433. The first kappa shape index (κ1) is 10.8. The summed E-state index contributed by atoms with van der Waals surface area (Å²) in [6.07, 6.45) is 4.27. The Labute approximate surface area is 104 Å². The van der Waals surface area contributed by atoms with Crippen LogP contribution >= 0.6 is 0 Å². The molecule has 92 valence electrons. The number of primary amides is 1. The molecule has 1 fully saturated rings. The van der Waals surface area contributed by atoms with E-state index in [1.54, 1.807) is 22.9 Å². The van der Waals surface area contributed by atoms with Crippen molar-refractivity contribution in [3.8, 4) is 5.69 Å². The molecule has 1 amide bonds. The number of aromatic nitrogens is 2. The van der Waals surface area contributed by atoms with Gasteiger partial charge < -0.3 is 11.5 Å². The van der Waals surface area contributed by atoms with E-state index in [0.29, 0.717) is 22.9 Å². The number of hydrogen-bond acceptors (Lipinski definition) is 3.